The van der Waals surface area contributed by atoms with Gasteiger partial charge in [0.15, 0.2) is 0 Å². The summed E-state index contributed by atoms with van der Waals surface area (Å²) in [5.74, 6) is -0.855. The van der Waals surface area contributed by atoms with E-state index in [1.807, 2.05) is 29.0 Å². The summed E-state index contributed by atoms with van der Waals surface area (Å²) in [4.78, 5) is 12.2. The first-order valence-electron chi connectivity index (χ1n) is 8.54. The van der Waals surface area contributed by atoms with Gasteiger partial charge in [-0.15, -0.1) is 10.2 Å². The first-order valence-corrected chi connectivity index (χ1v) is 8.92. The van der Waals surface area contributed by atoms with E-state index in [0.29, 0.717) is 17.1 Å². The Labute approximate surface area is 165 Å². The molecule has 0 fully saturated rings. The quantitative estimate of drug-likeness (QED) is 0.304. The molecule has 2 N–H and O–H groups in total. The fourth-order valence-corrected chi connectivity index (χ4v) is 3.28. The van der Waals surface area contributed by atoms with Gasteiger partial charge < -0.3 is 9.67 Å². The van der Waals surface area contributed by atoms with Gasteiger partial charge in [-0.3, -0.25) is 4.79 Å². The van der Waals surface area contributed by atoms with E-state index in [1.54, 1.807) is 12.1 Å². The van der Waals surface area contributed by atoms with E-state index in [0.717, 1.165) is 22.5 Å². The van der Waals surface area contributed by atoms with Gasteiger partial charge in [0.05, 0.1) is 0 Å². The Morgan fingerprint density at radius 3 is 2.86 bits per heavy atom. The minimum absolute atomic E-state index is 0.117. The monoisotopic (exact) mass is 393 g/mol. The number of nitrogens with zero attached hydrogens (tertiary/aromatic N) is 4. The number of rotatable bonds is 5. The summed E-state index contributed by atoms with van der Waals surface area (Å²) in [5.41, 5.74) is 3.73. The van der Waals surface area contributed by atoms with Crippen molar-refractivity contribution in [1.29, 1.82) is 0 Å². The summed E-state index contributed by atoms with van der Waals surface area (Å²) < 4.78 is 2.02. The predicted molar refractivity (Wildman–Crippen MR) is 106 cm³/mol. The van der Waals surface area contributed by atoms with Gasteiger partial charge in [-0.05, 0) is 41.5 Å². The number of tetrazole rings is 1. The molecule has 0 aliphatic rings. The number of allylic oxidation sites excluding steroid dienone is 1. The number of fused-ring (bicyclic) bond motifs is 1. The van der Waals surface area contributed by atoms with Crippen LogP contribution in [0, 0.1) is 6.92 Å². The van der Waals surface area contributed by atoms with Gasteiger partial charge in [-0.2, -0.15) is 5.21 Å². The number of aromatic amines is 1. The van der Waals surface area contributed by atoms with E-state index in [-0.39, 0.29) is 11.6 Å². The Morgan fingerprint density at radius 2 is 2.11 bits per heavy atom. The topological polar surface area (TPSA) is 96.7 Å². The second-order valence-corrected chi connectivity index (χ2v) is 6.82. The van der Waals surface area contributed by atoms with Crippen molar-refractivity contribution in [3.05, 3.63) is 82.3 Å². The fraction of sp³-hybridized carbons (Fsp3) is 0.100. The molecule has 0 bridgehead atoms. The van der Waals surface area contributed by atoms with Gasteiger partial charge in [-0.1, -0.05) is 35.9 Å². The lowest BCUT2D eigenvalue weighted by Crippen LogP contribution is -2.00. The lowest BCUT2D eigenvalue weighted by Gasteiger charge is -2.08. The number of ketones is 1. The van der Waals surface area contributed by atoms with Crippen molar-refractivity contribution in [3.63, 3.8) is 0 Å². The zero-order valence-electron chi connectivity index (χ0n) is 14.9. The zero-order chi connectivity index (χ0) is 19.7. The summed E-state index contributed by atoms with van der Waals surface area (Å²) in [6.07, 6.45) is 2.89. The normalized spacial score (nSPS) is 11.9. The first kappa shape index (κ1) is 17.9. The number of halogens is 1. The highest BCUT2D eigenvalue weighted by Crippen LogP contribution is 2.30. The number of carbonyl (C=O) groups is 1. The molecule has 0 aliphatic carbocycles. The highest BCUT2D eigenvalue weighted by atomic mass is 35.5. The molecule has 7 nitrogen and oxygen atoms in total. The van der Waals surface area contributed by atoms with E-state index in [9.17, 15) is 9.90 Å². The molecule has 0 aliphatic heterocycles. The highest BCUT2D eigenvalue weighted by Gasteiger charge is 2.16. The maximum absolute atomic E-state index is 12.2. The number of aliphatic hydroxyl groups is 1. The maximum atomic E-state index is 12.2. The van der Waals surface area contributed by atoms with E-state index in [4.69, 9.17) is 11.6 Å². The van der Waals surface area contributed by atoms with Gasteiger partial charge in [0, 0.05) is 40.3 Å². The molecule has 0 amide bonds. The Hall–Kier alpha value is -3.45. The molecule has 8 heteroatoms. The first-order chi connectivity index (χ1) is 13.5. The van der Waals surface area contributed by atoms with Crippen LogP contribution < -0.4 is 0 Å². The number of nitrogens with one attached hydrogen (secondary N) is 1. The number of hydrogen-bond donors (Lipinski definition) is 2. The van der Waals surface area contributed by atoms with Crippen LogP contribution >= 0.6 is 11.6 Å². The third kappa shape index (κ3) is 3.39. The van der Waals surface area contributed by atoms with Crippen molar-refractivity contribution in [2.24, 2.45) is 0 Å². The second kappa shape index (κ2) is 7.28. The summed E-state index contributed by atoms with van der Waals surface area (Å²) in [5, 5.41) is 24.7. The van der Waals surface area contributed by atoms with Crippen molar-refractivity contribution in [2.45, 2.75) is 13.5 Å². The van der Waals surface area contributed by atoms with E-state index >= 15 is 0 Å². The van der Waals surface area contributed by atoms with Crippen LogP contribution in [0.3, 0.4) is 0 Å². The lowest BCUT2D eigenvalue weighted by molar-refractivity contribution is 0.103. The molecule has 28 heavy (non-hydrogen) atoms. The number of hydrogen-bond acceptors (Lipinski definition) is 5. The maximum Gasteiger partial charge on any atom is 0.244 e. The van der Waals surface area contributed by atoms with Crippen LogP contribution in [0.1, 0.15) is 27.3 Å². The molecule has 0 radical (unpaired) electrons. The van der Waals surface area contributed by atoms with E-state index in [2.05, 4.69) is 39.7 Å². The van der Waals surface area contributed by atoms with E-state index in [1.165, 1.54) is 5.56 Å². The van der Waals surface area contributed by atoms with Crippen molar-refractivity contribution in [1.82, 2.24) is 25.2 Å². The van der Waals surface area contributed by atoms with Crippen LogP contribution in [-0.4, -0.2) is 36.1 Å². The summed E-state index contributed by atoms with van der Waals surface area (Å²) >= 11 is 6.17. The van der Waals surface area contributed by atoms with E-state index < -0.39 is 5.78 Å². The molecule has 2 aromatic heterocycles. The van der Waals surface area contributed by atoms with Crippen LogP contribution in [0.25, 0.3) is 16.7 Å². The van der Waals surface area contributed by atoms with Crippen LogP contribution in [0.5, 0.6) is 0 Å². The molecular formula is C20H16ClN5O2. The summed E-state index contributed by atoms with van der Waals surface area (Å²) in [6, 6.07) is 13.6. The van der Waals surface area contributed by atoms with Crippen molar-refractivity contribution in [3.8, 4) is 0 Å². The number of benzene rings is 2. The number of aryl methyl sites for hydroxylation is 1. The van der Waals surface area contributed by atoms with Crippen LogP contribution in [0.15, 0.2) is 54.7 Å². The number of aliphatic hydroxyl groups excluding tert-OH is 1. The molecule has 2 heterocycles. The second-order valence-electron chi connectivity index (χ2n) is 6.39. The van der Waals surface area contributed by atoms with Gasteiger partial charge in [-0.25, -0.2) is 0 Å². The number of carbonyl (C=O) groups excluding carboxylic acids is 1. The van der Waals surface area contributed by atoms with Crippen molar-refractivity contribution >= 4 is 34.0 Å². The third-order valence-electron chi connectivity index (χ3n) is 4.55. The van der Waals surface area contributed by atoms with Gasteiger partial charge in [0.1, 0.15) is 5.76 Å². The predicted octanol–water partition coefficient (Wildman–Crippen LogP) is 3.95. The standard InChI is InChI=1S/C20H16ClN5O2/c1-12-4-2-3-5-13(12)10-26-11-16(15-8-14(21)6-7-17(15)26)18(27)9-19(28)20-22-24-25-23-20/h2-9,11,27H,10H2,1H3,(H,22,23,24,25). The molecule has 4 aromatic rings. The number of H-pyrrole nitrogens is 1. The minimum atomic E-state index is -0.548. The average Bonchev–Trinajstić information content (AvgIpc) is 3.32. The molecule has 0 saturated heterocycles. The smallest absolute Gasteiger partial charge is 0.244 e. The fourth-order valence-electron chi connectivity index (χ4n) is 3.11. The molecular weight excluding hydrogens is 378 g/mol. The van der Waals surface area contributed by atoms with Crippen LogP contribution in [0.4, 0.5) is 0 Å². The Morgan fingerprint density at radius 1 is 1.29 bits per heavy atom. The van der Waals surface area contributed by atoms with Gasteiger partial charge >= 0.3 is 0 Å². The number of aromatic nitrogens is 5. The molecule has 140 valence electrons. The minimum Gasteiger partial charge on any atom is -0.507 e. The molecule has 4 rings (SSSR count). The highest BCUT2D eigenvalue weighted by molar-refractivity contribution is 6.31. The van der Waals surface area contributed by atoms with Crippen molar-refractivity contribution < 1.29 is 9.90 Å². The summed E-state index contributed by atoms with van der Waals surface area (Å²) in [6.45, 7) is 2.68. The third-order valence-corrected chi connectivity index (χ3v) is 4.79. The average molecular weight is 394 g/mol. The van der Waals surface area contributed by atoms with Gasteiger partial charge in [0.2, 0.25) is 11.6 Å². The zero-order valence-corrected chi connectivity index (χ0v) is 15.7. The molecule has 2 aromatic carbocycles. The van der Waals surface area contributed by atoms with Crippen molar-refractivity contribution in [2.75, 3.05) is 0 Å². The Bertz CT molecular complexity index is 1190. The molecule has 0 unspecified atom stereocenters. The molecule has 0 spiro atoms. The Balaban J connectivity index is 1.79. The van der Waals surface area contributed by atoms with Crippen LogP contribution in [0.2, 0.25) is 5.02 Å². The lowest BCUT2D eigenvalue weighted by atomic mass is 10.1. The van der Waals surface area contributed by atoms with Crippen LogP contribution in [-0.2, 0) is 6.54 Å². The van der Waals surface area contributed by atoms with Gasteiger partial charge in [0.25, 0.3) is 0 Å². The Kier molecular flexibility index (Phi) is 4.67. The molecule has 0 saturated carbocycles. The largest absolute Gasteiger partial charge is 0.507 e. The molecule has 0 atom stereocenters. The summed E-state index contributed by atoms with van der Waals surface area (Å²) in [7, 11) is 0. The SMILES string of the molecule is Cc1ccccc1Cn1cc(C(O)=CC(=O)c2nn[nH]n2)c2cc(Cl)ccc21.